The predicted octanol–water partition coefficient (Wildman–Crippen LogP) is 4.32. The van der Waals surface area contributed by atoms with Crippen molar-refractivity contribution in [1.29, 1.82) is 0 Å². The zero-order valence-electron chi connectivity index (χ0n) is 29.3. The van der Waals surface area contributed by atoms with Gasteiger partial charge in [0.15, 0.2) is 5.82 Å². The number of imidazole rings is 1. The van der Waals surface area contributed by atoms with Crippen LogP contribution in [0.15, 0.2) is 42.6 Å². The lowest BCUT2D eigenvalue weighted by molar-refractivity contribution is -0.136. The van der Waals surface area contributed by atoms with Gasteiger partial charge in [0, 0.05) is 80.7 Å². The number of anilines is 1. The van der Waals surface area contributed by atoms with E-state index < -0.39 is 5.91 Å². The fourth-order valence-corrected chi connectivity index (χ4v) is 7.85. The average molecular weight is 747 g/mol. The fourth-order valence-electron chi connectivity index (χ4n) is 7.28. The second-order valence-corrected chi connectivity index (χ2v) is 14.3. The number of hydrogen-bond acceptors (Lipinski definition) is 9. The summed E-state index contributed by atoms with van der Waals surface area (Å²) in [6.07, 6.45) is 4.49. The molecule has 15 heteroatoms. The number of likely N-dealkylation sites (tertiary alicyclic amines) is 1. The first-order valence-electron chi connectivity index (χ1n) is 17.4. The highest BCUT2D eigenvalue weighted by Crippen LogP contribution is 2.40. The number of rotatable bonds is 10. The highest BCUT2D eigenvalue weighted by atomic mass is 35.5. The van der Waals surface area contributed by atoms with E-state index in [1.165, 1.54) is 0 Å². The number of hydrogen-bond donors (Lipinski definition) is 3. The van der Waals surface area contributed by atoms with Crippen molar-refractivity contribution < 1.29 is 19.1 Å². The number of pyridine rings is 2. The maximum Gasteiger partial charge on any atom is 0.291 e. The summed E-state index contributed by atoms with van der Waals surface area (Å²) in [6, 6.07) is 11.0. The van der Waals surface area contributed by atoms with Gasteiger partial charge < -0.3 is 35.1 Å². The Morgan fingerprint density at radius 3 is 2.62 bits per heavy atom. The summed E-state index contributed by atoms with van der Waals surface area (Å²) in [5.74, 6) is 0.511. The number of carbonyl (C=O) groups is 3. The lowest BCUT2D eigenvalue weighted by Crippen LogP contribution is -2.40. The highest BCUT2D eigenvalue weighted by Gasteiger charge is 2.34. The van der Waals surface area contributed by atoms with Crippen molar-refractivity contribution in [2.45, 2.75) is 44.8 Å². The molecule has 3 aliphatic rings. The molecule has 272 valence electrons. The van der Waals surface area contributed by atoms with Crippen LogP contribution in [0.3, 0.4) is 0 Å². The second kappa shape index (κ2) is 15.2. The van der Waals surface area contributed by atoms with E-state index in [9.17, 15) is 14.4 Å². The maximum absolute atomic E-state index is 13.6. The van der Waals surface area contributed by atoms with Crippen molar-refractivity contribution in [3.8, 4) is 28.4 Å². The van der Waals surface area contributed by atoms with Crippen molar-refractivity contribution in [2.24, 2.45) is 13.0 Å². The maximum atomic E-state index is 13.6. The lowest BCUT2D eigenvalue weighted by atomic mass is 10.0. The first-order valence-corrected chi connectivity index (χ1v) is 18.2. The Morgan fingerprint density at radius 1 is 1.02 bits per heavy atom. The molecule has 2 atom stereocenters. The molecule has 2 saturated heterocycles. The molecule has 3 aromatic heterocycles. The Morgan fingerprint density at radius 2 is 1.87 bits per heavy atom. The SMILES string of the molecule is COc1nc(-c2ccnc(-c3cccc(NC(=O)c4nc5c(n4C)CCN(C(=O)C4CCN(C)C4)C5)c3Cl)c2Cl)ccc1CNCC1CCC(=O)N1. The van der Waals surface area contributed by atoms with E-state index in [0.717, 1.165) is 42.9 Å². The minimum atomic E-state index is -0.419. The summed E-state index contributed by atoms with van der Waals surface area (Å²) in [6.45, 7) is 3.84. The summed E-state index contributed by atoms with van der Waals surface area (Å²) < 4.78 is 7.42. The van der Waals surface area contributed by atoms with Gasteiger partial charge in [-0.1, -0.05) is 41.4 Å². The molecule has 0 radical (unpaired) electrons. The molecule has 1 aromatic carbocycles. The number of nitrogens with zero attached hydrogens (tertiary/aromatic N) is 6. The van der Waals surface area contributed by atoms with Gasteiger partial charge in [-0.3, -0.25) is 19.4 Å². The predicted molar refractivity (Wildman–Crippen MR) is 198 cm³/mol. The van der Waals surface area contributed by atoms with Crippen molar-refractivity contribution in [2.75, 3.05) is 45.7 Å². The third kappa shape index (κ3) is 7.23. The first kappa shape index (κ1) is 35.8. The number of methoxy groups -OCH3 is 1. The van der Waals surface area contributed by atoms with Crippen LogP contribution in [-0.2, 0) is 36.1 Å². The minimum absolute atomic E-state index is 0.00261. The zero-order chi connectivity index (χ0) is 36.5. The number of fused-ring (bicyclic) bond motifs is 1. The van der Waals surface area contributed by atoms with Crippen LogP contribution < -0.4 is 20.7 Å². The molecule has 52 heavy (non-hydrogen) atoms. The molecule has 0 aliphatic carbocycles. The number of ether oxygens (including phenoxy) is 1. The van der Waals surface area contributed by atoms with Gasteiger partial charge in [0.05, 0.1) is 52.4 Å². The van der Waals surface area contributed by atoms with Crippen molar-refractivity contribution >= 4 is 46.6 Å². The van der Waals surface area contributed by atoms with Crippen LogP contribution in [0.5, 0.6) is 5.88 Å². The standard InChI is InChI=1S/C37H41Cl2N9O4/c1-46-15-12-22(19-46)37(51)48-16-13-29-28(20-48)43-34(47(29)2)35(50)44-27-6-4-5-25(31(27)38)33-32(39)24(11-14-41-33)26-9-7-21(36(45-26)52-3)17-40-18-23-8-10-30(49)42-23/h4-7,9,11,14,22-23,40H,8,10,12-13,15-20H2,1-3H3,(H,42,49)(H,44,50). The Balaban J connectivity index is 1.07. The normalized spacial score (nSPS) is 18.7. The van der Waals surface area contributed by atoms with E-state index in [1.54, 1.807) is 42.1 Å². The number of carbonyl (C=O) groups excluding carboxylic acids is 3. The van der Waals surface area contributed by atoms with Gasteiger partial charge in [0.25, 0.3) is 5.91 Å². The summed E-state index contributed by atoms with van der Waals surface area (Å²) in [5, 5.41) is 9.86. The van der Waals surface area contributed by atoms with Crippen LogP contribution in [0, 0.1) is 5.92 Å². The Labute approximate surface area is 312 Å². The van der Waals surface area contributed by atoms with Crippen molar-refractivity contribution in [1.82, 2.24) is 40.0 Å². The van der Waals surface area contributed by atoms with Crippen LogP contribution in [0.1, 0.15) is 46.8 Å². The molecule has 6 heterocycles. The molecule has 0 spiro atoms. The molecule has 7 rings (SSSR count). The Hall–Kier alpha value is -4.56. The van der Waals surface area contributed by atoms with Crippen LogP contribution >= 0.6 is 23.2 Å². The van der Waals surface area contributed by atoms with Gasteiger partial charge >= 0.3 is 0 Å². The number of aromatic nitrogens is 4. The van der Waals surface area contributed by atoms with Gasteiger partial charge in [-0.25, -0.2) is 9.97 Å². The quantitative estimate of drug-likeness (QED) is 0.216. The van der Waals surface area contributed by atoms with Gasteiger partial charge in [0.1, 0.15) is 0 Å². The molecule has 0 bridgehead atoms. The molecule has 2 fully saturated rings. The Bertz CT molecular complexity index is 2040. The van der Waals surface area contributed by atoms with E-state index >= 15 is 0 Å². The molecule has 3 N–H and O–H groups in total. The summed E-state index contributed by atoms with van der Waals surface area (Å²) in [7, 11) is 5.42. The van der Waals surface area contributed by atoms with E-state index in [4.69, 9.17) is 32.9 Å². The van der Waals surface area contributed by atoms with E-state index in [0.29, 0.717) is 78.1 Å². The van der Waals surface area contributed by atoms with Gasteiger partial charge in [-0.05, 0) is 44.6 Å². The number of nitrogens with one attached hydrogen (secondary N) is 3. The van der Waals surface area contributed by atoms with Crippen molar-refractivity contribution in [3.05, 3.63) is 75.4 Å². The molecule has 4 aromatic rings. The number of benzene rings is 1. The number of amides is 3. The largest absolute Gasteiger partial charge is 0.481 e. The monoisotopic (exact) mass is 745 g/mol. The molecule has 2 unspecified atom stereocenters. The van der Waals surface area contributed by atoms with Crippen LogP contribution in [0.2, 0.25) is 10.0 Å². The molecule has 3 aliphatic heterocycles. The zero-order valence-corrected chi connectivity index (χ0v) is 30.9. The van der Waals surface area contributed by atoms with E-state index in [-0.39, 0.29) is 34.6 Å². The smallest absolute Gasteiger partial charge is 0.291 e. The molecule has 13 nitrogen and oxygen atoms in total. The van der Waals surface area contributed by atoms with E-state index in [2.05, 4.69) is 30.8 Å². The highest BCUT2D eigenvalue weighted by molar-refractivity contribution is 6.39. The van der Waals surface area contributed by atoms with Crippen LogP contribution in [0.4, 0.5) is 5.69 Å². The topological polar surface area (TPSA) is 147 Å². The molecular weight excluding hydrogens is 705 g/mol. The van der Waals surface area contributed by atoms with Crippen LogP contribution in [-0.4, -0.2) is 93.4 Å². The summed E-state index contributed by atoms with van der Waals surface area (Å²) in [5.41, 5.74) is 5.11. The molecule has 3 amide bonds. The van der Waals surface area contributed by atoms with E-state index in [1.807, 2.05) is 31.1 Å². The summed E-state index contributed by atoms with van der Waals surface area (Å²) in [4.78, 5) is 56.4. The minimum Gasteiger partial charge on any atom is -0.481 e. The number of halogens is 2. The second-order valence-electron chi connectivity index (χ2n) is 13.6. The Kier molecular flexibility index (Phi) is 10.5. The lowest BCUT2D eigenvalue weighted by Gasteiger charge is -2.29. The first-order chi connectivity index (χ1) is 25.1. The van der Waals surface area contributed by atoms with Gasteiger partial charge in [0.2, 0.25) is 17.7 Å². The van der Waals surface area contributed by atoms with Crippen LogP contribution in [0.25, 0.3) is 22.5 Å². The van der Waals surface area contributed by atoms with Gasteiger partial charge in [-0.2, -0.15) is 0 Å². The summed E-state index contributed by atoms with van der Waals surface area (Å²) >= 11 is 13.9. The van der Waals surface area contributed by atoms with Gasteiger partial charge in [-0.15, -0.1) is 0 Å². The third-order valence-electron chi connectivity index (χ3n) is 10.1. The van der Waals surface area contributed by atoms with Crippen molar-refractivity contribution in [3.63, 3.8) is 0 Å². The third-order valence-corrected chi connectivity index (χ3v) is 10.9. The fraction of sp³-hybridized carbons (Fsp3) is 0.405. The molecular formula is C37H41Cl2N9O4. The average Bonchev–Trinajstić information content (AvgIpc) is 3.87. The molecule has 0 saturated carbocycles.